The Kier molecular flexibility index (Phi) is 40.5. The monoisotopic (exact) mass is 1020 g/mol. The number of benzene rings is 3. The highest BCUT2D eigenvalue weighted by Gasteiger charge is 2.12. The highest BCUT2D eigenvalue weighted by Crippen LogP contribution is 2.35. The highest BCUT2D eigenvalue weighted by molar-refractivity contribution is 8.02. The standard InChI is InChI=1S/C10H11P.C8H13NO.C8H8OS.C8H8S.C7H12N2O.C5H6N2.C5H9NO.C4H5N3/c1-3-11(4-2)10-8-6-5-7-9-10;1-2-9-7-5-3-4-6-8(9)10;1-2-10(9)8-6-4-3-5-7-8;1-2-9-8-6-4-3-5-7-8;1-5-8(3)7(10)9(4)6-2;1-2-7-4-3-6-5-7;1-4-6(3)5(2)7;1-2-7-4-5-3-6-7/h3-9H,1-2H2;2H,1,3-7H2;2-7H,1H2;2-7H,1H2;5-6H,1-2H2,3-4H3;2-5H,1H2;4H,1H2,2-3H3;2-4H,1H2. The number of likely N-dealkylation sites (tertiary alicyclic amines) is 1. The summed E-state index contributed by atoms with van der Waals surface area (Å²) in [5.41, 5.74) is 0. The Labute approximate surface area is 431 Å². The smallest absolute Gasteiger partial charge is 0.323 e. The molecule has 378 valence electrons. The van der Waals surface area contributed by atoms with E-state index in [2.05, 4.69) is 105 Å². The van der Waals surface area contributed by atoms with Gasteiger partial charge in [0.25, 0.3) is 0 Å². The zero-order chi connectivity index (χ0) is 53.7. The van der Waals surface area contributed by atoms with Crippen molar-refractivity contribution in [2.45, 2.75) is 42.4 Å². The second kappa shape index (κ2) is 43.8. The van der Waals surface area contributed by atoms with E-state index in [1.165, 1.54) is 73.3 Å². The molecule has 1 aliphatic heterocycles. The van der Waals surface area contributed by atoms with Crippen LogP contribution in [0.15, 0.2) is 245 Å². The van der Waals surface area contributed by atoms with E-state index in [1.54, 1.807) is 79.8 Å². The molecule has 16 heteroatoms. The van der Waals surface area contributed by atoms with Crippen LogP contribution in [0, 0.1) is 0 Å². The molecular formula is C55H72N9O4PS2. The van der Waals surface area contributed by atoms with Gasteiger partial charge in [0.2, 0.25) is 11.8 Å². The number of nitrogens with zero attached hydrogens (tertiary/aromatic N) is 9. The van der Waals surface area contributed by atoms with E-state index < -0.39 is 10.8 Å². The van der Waals surface area contributed by atoms with Gasteiger partial charge in [-0.05, 0) is 68.1 Å². The van der Waals surface area contributed by atoms with Crippen molar-refractivity contribution < 1.29 is 18.6 Å². The van der Waals surface area contributed by atoms with Gasteiger partial charge in [-0.25, -0.2) is 23.7 Å². The third kappa shape index (κ3) is 32.9. The van der Waals surface area contributed by atoms with E-state index in [9.17, 15) is 18.6 Å². The second-order valence-corrected chi connectivity index (χ2v) is 18.0. The summed E-state index contributed by atoms with van der Waals surface area (Å²) in [6.45, 7) is 37.8. The number of hydrogen-bond acceptors (Lipinski definition) is 8. The average Bonchev–Trinajstić information content (AvgIpc) is 4.13. The van der Waals surface area contributed by atoms with Crippen molar-refractivity contribution in [1.29, 1.82) is 0 Å². The van der Waals surface area contributed by atoms with E-state index in [0.717, 1.165) is 24.3 Å². The fourth-order valence-corrected chi connectivity index (χ4v) is 6.76. The van der Waals surface area contributed by atoms with Crippen LogP contribution in [0.2, 0.25) is 0 Å². The van der Waals surface area contributed by atoms with E-state index in [0.29, 0.717) is 6.42 Å². The average molecular weight is 1020 g/mol. The molecule has 0 aliphatic carbocycles. The Morgan fingerprint density at radius 3 is 1.61 bits per heavy atom. The van der Waals surface area contributed by atoms with Gasteiger partial charge >= 0.3 is 6.03 Å². The molecule has 13 nitrogen and oxygen atoms in total. The molecule has 0 bridgehead atoms. The summed E-state index contributed by atoms with van der Waals surface area (Å²) in [7, 11) is 3.58. The molecule has 1 saturated heterocycles. The van der Waals surface area contributed by atoms with Gasteiger partial charge in [-0.2, -0.15) is 5.10 Å². The van der Waals surface area contributed by atoms with Gasteiger partial charge in [0.05, 0.1) is 17.1 Å². The van der Waals surface area contributed by atoms with Crippen LogP contribution in [-0.2, 0) is 20.4 Å². The number of carbonyl (C=O) groups is 3. The fourth-order valence-electron chi connectivity index (χ4n) is 4.55. The first-order chi connectivity index (χ1) is 34.2. The molecule has 3 aromatic carbocycles. The van der Waals surface area contributed by atoms with Crippen LogP contribution < -0.4 is 5.30 Å². The molecule has 0 spiro atoms. The Morgan fingerprint density at radius 2 is 1.24 bits per heavy atom. The summed E-state index contributed by atoms with van der Waals surface area (Å²) in [6, 6.07) is 29.6. The summed E-state index contributed by atoms with van der Waals surface area (Å²) in [6.07, 6.45) is 21.6. The molecule has 1 fully saturated rings. The lowest BCUT2D eigenvalue weighted by molar-refractivity contribution is -0.128. The molecule has 0 radical (unpaired) electrons. The van der Waals surface area contributed by atoms with E-state index in [1.807, 2.05) is 90.0 Å². The minimum atomic E-state index is -1.03. The number of carbonyl (C=O) groups excluding carboxylic acids is 3. The largest absolute Gasteiger partial charge is 0.327 e. The van der Waals surface area contributed by atoms with Crippen molar-refractivity contribution in [3.05, 3.63) is 235 Å². The van der Waals surface area contributed by atoms with E-state index in [-0.39, 0.29) is 25.8 Å². The summed E-state index contributed by atoms with van der Waals surface area (Å²) < 4.78 is 14.3. The summed E-state index contributed by atoms with van der Waals surface area (Å²) >= 11 is 1.64. The number of thioether (sulfide) groups is 1. The molecular weight excluding hydrogens is 946 g/mol. The summed E-state index contributed by atoms with van der Waals surface area (Å²) in [5.74, 6) is 4.15. The first-order valence-electron chi connectivity index (χ1n) is 21.8. The van der Waals surface area contributed by atoms with Crippen LogP contribution in [0.1, 0.15) is 32.6 Å². The molecule has 0 saturated carbocycles. The van der Waals surface area contributed by atoms with Gasteiger partial charge < -0.3 is 24.2 Å². The lowest BCUT2D eigenvalue weighted by Crippen LogP contribution is -2.31. The van der Waals surface area contributed by atoms with Crippen molar-refractivity contribution in [3.63, 3.8) is 0 Å². The lowest BCUT2D eigenvalue weighted by atomic mass is 10.2. The number of rotatable bonds is 13. The van der Waals surface area contributed by atoms with Crippen LogP contribution in [-0.4, -0.2) is 93.7 Å². The number of aromatic nitrogens is 5. The highest BCUT2D eigenvalue weighted by atomic mass is 32.2. The van der Waals surface area contributed by atoms with Crippen LogP contribution >= 0.6 is 19.7 Å². The predicted molar refractivity (Wildman–Crippen MR) is 304 cm³/mol. The quantitative estimate of drug-likeness (QED) is 0.0842. The third-order valence-electron chi connectivity index (χ3n) is 8.65. The van der Waals surface area contributed by atoms with Gasteiger partial charge in [-0.15, -0.1) is 0 Å². The molecule has 6 rings (SSSR count). The lowest BCUT2D eigenvalue weighted by Gasteiger charge is -2.17. The maximum absolute atomic E-state index is 11.1. The van der Waals surface area contributed by atoms with Gasteiger partial charge in [-0.3, -0.25) is 9.59 Å². The topological polar surface area (TPSA) is 130 Å². The first kappa shape index (κ1) is 65.6. The molecule has 2 aromatic heterocycles. The molecule has 5 aromatic rings. The predicted octanol–water partition coefficient (Wildman–Crippen LogP) is 12.7. The Balaban J connectivity index is 0. The van der Waals surface area contributed by atoms with Crippen molar-refractivity contribution >= 4 is 66.0 Å². The number of urea groups is 1. The normalized spacial score (nSPS) is 10.8. The molecule has 1 atom stereocenters. The Bertz CT molecular complexity index is 2250. The molecule has 4 amide bonds. The number of imidazole rings is 1. The minimum absolute atomic E-state index is 0.00926. The van der Waals surface area contributed by atoms with Gasteiger partial charge in [-0.1, -0.05) is 162 Å². The molecule has 1 aliphatic rings. The molecule has 0 N–H and O–H groups in total. The van der Waals surface area contributed by atoms with Crippen molar-refractivity contribution in [2.75, 3.05) is 27.7 Å². The summed E-state index contributed by atoms with van der Waals surface area (Å²) in [5, 5.41) is 8.29. The van der Waals surface area contributed by atoms with Crippen LogP contribution in [0.25, 0.3) is 12.4 Å². The Hall–Kier alpha value is -7.45. The molecule has 71 heavy (non-hydrogen) atoms. The first-order valence-corrected chi connectivity index (χ1v) is 25.3. The number of amides is 4. The van der Waals surface area contributed by atoms with Crippen LogP contribution in [0.5, 0.6) is 0 Å². The van der Waals surface area contributed by atoms with Crippen molar-refractivity contribution in [3.8, 4) is 0 Å². The third-order valence-corrected chi connectivity index (χ3v) is 12.1. The number of hydrogen-bond donors (Lipinski definition) is 0. The van der Waals surface area contributed by atoms with Crippen LogP contribution in [0.4, 0.5) is 4.79 Å². The maximum atomic E-state index is 11.1. The van der Waals surface area contributed by atoms with Gasteiger partial charge in [0.1, 0.15) is 12.7 Å². The van der Waals surface area contributed by atoms with Crippen LogP contribution in [0.3, 0.4) is 0 Å². The maximum Gasteiger partial charge on any atom is 0.327 e. The molecule has 3 heterocycles. The minimum Gasteiger partial charge on any atom is -0.323 e. The van der Waals surface area contributed by atoms with Gasteiger partial charge in [0.15, 0.2) is 0 Å². The zero-order valence-electron chi connectivity index (χ0n) is 41.8. The second-order valence-electron chi connectivity index (χ2n) is 13.5. The SMILES string of the molecule is C=CN(C)C(=O)N(C)C=C.C=CN(C)C(C)=O.C=CN1CCCCCC1=O.C=CP(C=C)c1ccccc1.C=CS(=O)c1ccccc1.C=CSc1ccccc1.C=Cn1ccnc1.C=Cn1cncn1. The van der Waals surface area contributed by atoms with Crippen molar-refractivity contribution in [2.24, 2.45) is 0 Å². The van der Waals surface area contributed by atoms with Gasteiger partial charge in [0, 0.05) is 93.4 Å². The summed E-state index contributed by atoms with van der Waals surface area (Å²) in [4.78, 5) is 47.7. The van der Waals surface area contributed by atoms with E-state index >= 15 is 0 Å². The fraction of sp³-hybridized carbons (Fsp3) is 0.164. The Morgan fingerprint density at radius 1 is 0.690 bits per heavy atom. The van der Waals surface area contributed by atoms with Crippen molar-refractivity contribution in [1.82, 2.24) is 43.9 Å². The zero-order valence-corrected chi connectivity index (χ0v) is 44.4. The van der Waals surface area contributed by atoms with E-state index in [4.69, 9.17) is 0 Å². The molecule has 1 unspecified atom stereocenters.